The van der Waals surface area contributed by atoms with E-state index in [0.29, 0.717) is 75.4 Å². The van der Waals surface area contributed by atoms with Crippen molar-refractivity contribution in [2.45, 2.75) is 67.8 Å². The van der Waals surface area contributed by atoms with Crippen LogP contribution in [0, 0.1) is 43.5 Å². The molecule has 570 valence electrons. The van der Waals surface area contributed by atoms with Crippen LogP contribution in [0.5, 0.6) is 11.5 Å². The van der Waals surface area contributed by atoms with E-state index >= 15 is 0 Å². The van der Waals surface area contributed by atoms with Crippen molar-refractivity contribution in [1.82, 2.24) is 29.4 Å². The van der Waals surface area contributed by atoms with Crippen LogP contribution in [0.1, 0.15) is 46.0 Å². The fourth-order valence-corrected chi connectivity index (χ4v) is 12.1. The Kier molecular flexibility index (Phi) is 34.8. The summed E-state index contributed by atoms with van der Waals surface area (Å²) in [7, 11) is -1.35. The summed E-state index contributed by atoms with van der Waals surface area (Å²) < 4.78 is 162. The van der Waals surface area contributed by atoms with E-state index in [0.717, 1.165) is 72.3 Å². The molecule has 0 unspecified atom stereocenters. The first-order chi connectivity index (χ1) is 49.8. The molecule has 0 aliphatic carbocycles. The number of sulfonamides is 2. The standard InChI is InChI=1S/C25H28F2N4O4S.C15H14ClF2N3O.C9H12N2O5S.C9H14N2O.C6H4ClNO4S.C3H9NO/c1-4-34-15-29-36(32,33)19-7-5-17(6-8-19)11-23-28-14-21(27)24(30-23)18-12-20(26)25-22(13-18)31(16(2)3)9-10-35-25;1-8(2)21-3-4-22-14-10(17)5-9(6-12(14)21)13-11(18)7-19-15(16)20-13;1-16-7-6-10-17(14,15)9-4-2-8(3-5-9)11(12)13;1-12-7-6-11-9-4-2-8(10)3-5-9;7-13(11,12)6-3-1-5(2-4-6)8(9)10;1-5-3-2-4/h5-8,12-14,16,29H,4,9-11,15H2,1-3H3;5-8H,3-4H2,1-2H3;2-5,10H,6-7H2,1H3;2-5,11H,6-7,10H2,1H3;1-4H;2-4H2,1H3. The summed E-state index contributed by atoms with van der Waals surface area (Å²) in [5.41, 5.74) is 14.5. The third-order valence-electron chi connectivity index (χ3n) is 14.4. The maximum absolute atomic E-state index is 14.9. The molecule has 0 saturated heterocycles. The van der Waals surface area contributed by atoms with Crippen molar-refractivity contribution in [2.24, 2.45) is 5.73 Å². The third kappa shape index (κ3) is 27.1. The summed E-state index contributed by atoms with van der Waals surface area (Å²) >= 11 is 5.71. The lowest BCUT2D eigenvalue weighted by Gasteiger charge is -2.34. The van der Waals surface area contributed by atoms with Gasteiger partial charge in [-0.3, -0.25) is 20.2 Å². The zero-order valence-electron chi connectivity index (χ0n) is 58.3. The number of nitrogens with one attached hydrogen (secondary N) is 3. The number of anilines is 4. The number of aromatic nitrogens is 4. The van der Waals surface area contributed by atoms with E-state index in [4.69, 9.17) is 57.4 Å². The highest BCUT2D eigenvalue weighted by atomic mass is 35.7. The molecule has 6 aromatic carbocycles. The van der Waals surface area contributed by atoms with Gasteiger partial charge >= 0.3 is 0 Å². The lowest BCUT2D eigenvalue weighted by atomic mass is 10.1. The number of halogens is 6. The van der Waals surface area contributed by atoms with E-state index < -0.39 is 62.2 Å². The second kappa shape index (κ2) is 42.2. The number of ether oxygens (including phenoxy) is 6. The molecule has 7 N–H and O–H groups in total. The second-order valence-electron chi connectivity index (χ2n) is 22.5. The van der Waals surface area contributed by atoms with Gasteiger partial charge in [0, 0.05) is 124 Å². The van der Waals surface area contributed by atoms with Crippen molar-refractivity contribution in [1.29, 1.82) is 0 Å². The van der Waals surface area contributed by atoms with Gasteiger partial charge in [0.25, 0.3) is 20.4 Å². The molecule has 0 spiro atoms. The number of nitrogens with two attached hydrogens (primary N) is 2. The number of nitro groups is 2. The van der Waals surface area contributed by atoms with Crippen LogP contribution in [0.2, 0.25) is 5.28 Å². The minimum absolute atomic E-state index is 0.0146. The molecular weight excluding hydrogens is 1490 g/mol. The summed E-state index contributed by atoms with van der Waals surface area (Å²) in [6.45, 7) is 15.3. The number of non-ortho nitro benzene ring substituents is 2. The first kappa shape index (κ1) is 86.6. The quantitative estimate of drug-likeness (QED) is 0.00518. The van der Waals surface area contributed by atoms with Crippen LogP contribution >= 0.6 is 22.3 Å². The number of nitro benzene ring substituents is 2. The van der Waals surface area contributed by atoms with Gasteiger partial charge < -0.3 is 55.0 Å². The predicted octanol–water partition coefficient (Wildman–Crippen LogP) is 10.5. The number of nitrogen functional groups attached to an aromatic ring is 1. The van der Waals surface area contributed by atoms with Gasteiger partial charge in [-0.15, -0.1) is 0 Å². The van der Waals surface area contributed by atoms with E-state index in [1.54, 1.807) is 45.4 Å². The Morgan fingerprint density at radius 2 is 1.06 bits per heavy atom. The van der Waals surface area contributed by atoms with Gasteiger partial charge in [0.1, 0.15) is 37.2 Å². The number of rotatable bonds is 25. The fourth-order valence-electron chi connectivity index (χ4n) is 9.32. The van der Waals surface area contributed by atoms with E-state index in [1.165, 1.54) is 43.5 Å². The lowest BCUT2D eigenvalue weighted by Crippen LogP contribution is -2.38. The monoisotopic (exact) mass is 1570 g/mol. The fraction of sp³-hybridized carbons (Fsp3) is 0.343. The summed E-state index contributed by atoms with van der Waals surface area (Å²) in [6, 6.07) is 28.9. The molecule has 0 fully saturated rings. The third-order valence-corrected chi connectivity index (χ3v) is 18.8. The van der Waals surface area contributed by atoms with Gasteiger partial charge in [0.15, 0.2) is 34.8 Å². The molecular formula is C67H81Cl2F4N13O16S3. The molecule has 2 aliphatic heterocycles. The van der Waals surface area contributed by atoms with Gasteiger partial charge in [-0.1, -0.05) is 12.1 Å². The average molecular weight is 1570 g/mol. The average Bonchev–Trinajstić information content (AvgIpc) is 0.782. The van der Waals surface area contributed by atoms with Crippen LogP contribution in [-0.4, -0.2) is 168 Å². The summed E-state index contributed by atoms with van der Waals surface area (Å²) in [5, 5.41) is 23.7. The molecule has 8 aromatic rings. The largest absolute Gasteiger partial charge is 0.486 e. The minimum Gasteiger partial charge on any atom is -0.486 e. The van der Waals surface area contributed by atoms with Crippen LogP contribution < -0.4 is 45.5 Å². The Balaban J connectivity index is 0.000000247. The van der Waals surface area contributed by atoms with Gasteiger partial charge in [0.2, 0.25) is 25.3 Å². The number of hydrogen-bond donors (Lipinski definition) is 5. The maximum atomic E-state index is 14.9. The molecule has 0 bridgehead atoms. The molecule has 0 amide bonds. The first-order valence-corrected chi connectivity index (χ1v) is 37.5. The molecule has 2 aliphatic rings. The second-order valence-corrected chi connectivity index (χ2v) is 28.9. The van der Waals surface area contributed by atoms with Crippen molar-refractivity contribution >= 4 is 85.5 Å². The Hall–Kier alpha value is -9.05. The van der Waals surface area contributed by atoms with E-state index in [2.05, 4.69) is 39.4 Å². The van der Waals surface area contributed by atoms with Gasteiger partial charge in [-0.2, -0.15) is 4.72 Å². The first-order valence-electron chi connectivity index (χ1n) is 31.8. The van der Waals surface area contributed by atoms with Crippen molar-refractivity contribution < 1.29 is 81.1 Å². The SMILES string of the molecule is CC(C)N1CCOc2c(F)cc(-c3nc(Cl)ncc3F)cc21.CCOCNS(=O)(=O)c1ccc(Cc2ncc(F)c(-c3cc(F)c4c(c3)N(C(C)C)CCO4)n2)cc1.COCCN.COCCNS(=O)(=O)c1ccc([N+](=O)[O-])cc1.COCCNc1ccc(N)cc1.O=[N+]([O-])c1ccc(S(=O)(=O)Cl)cc1. The Morgan fingerprint density at radius 3 is 1.50 bits per heavy atom. The molecule has 0 radical (unpaired) electrons. The summed E-state index contributed by atoms with van der Waals surface area (Å²) in [6.07, 6.45) is 2.26. The van der Waals surface area contributed by atoms with Crippen LogP contribution in [0.3, 0.4) is 0 Å². The van der Waals surface area contributed by atoms with Crippen LogP contribution in [0.4, 0.5) is 51.7 Å². The highest BCUT2D eigenvalue weighted by molar-refractivity contribution is 8.13. The molecule has 10 rings (SSSR count). The van der Waals surface area contributed by atoms with Crippen molar-refractivity contribution in [3.8, 4) is 34.0 Å². The van der Waals surface area contributed by atoms with Crippen molar-refractivity contribution in [3.05, 3.63) is 194 Å². The molecule has 2 aromatic heterocycles. The zero-order chi connectivity index (χ0) is 77.6. The number of hydrogen-bond acceptors (Lipinski definition) is 25. The van der Waals surface area contributed by atoms with Crippen molar-refractivity contribution in [3.63, 3.8) is 0 Å². The molecule has 29 nitrogen and oxygen atoms in total. The van der Waals surface area contributed by atoms with E-state index in [9.17, 15) is 63.0 Å². The molecule has 38 heteroatoms. The molecule has 0 saturated carbocycles. The maximum Gasteiger partial charge on any atom is 0.269 e. The van der Waals surface area contributed by atoms with Gasteiger partial charge in [0.05, 0.1) is 81.2 Å². The number of benzene rings is 6. The smallest absolute Gasteiger partial charge is 0.269 e. The van der Waals surface area contributed by atoms with E-state index in [1.807, 2.05) is 61.8 Å². The minimum atomic E-state index is -3.80. The topological polar surface area (TPSA) is 390 Å². The number of fused-ring (bicyclic) bond motifs is 2. The molecule has 0 atom stereocenters. The molecule has 4 heterocycles. The van der Waals surface area contributed by atoms with E-state index in [-0.39, 0.29) is 98.2 Å². The van der Waals surface area contributed by atoms with Crippen LogP contribution in [0.25, 0.3) is 22.5 Å². The highest BCUT2D eigenvalue weighted by Crippen LogP contribution is 2.41. The summed E-state index contributed by atoms with van der Waals surface area (Å²) in [5.74, 6) is -1.81. The predicted molar refractivity (Wildman–Crippen MR) is 390 cm³/mol. The molecule has 105 heavy (non-hydrogen) atoms. The lowest BCUT2D eigenvalue weighted by molar-refractivity contribution is -0.385. The van der Waals surface area contributed by atoms with Gasteiger partial charge in [-0.25, -0.2) is 67.5 Å². The van der Waals surface area contributed by atoms with Crippen molar-refractivity contribution in [2.75, 3.05) is 121 Å². The van der Waals surface area contributed by atoms with Crippen LogP contribution in [0.15, 0.2) is 148 Å². The Bertz CT molecular complexity index is 4480. The summed E-state index contributed by atoms with van der Waals surface area (Å²) in [4.78, 5) is 39.2. The Labute approximate surface area is 615 Å². The van der Waals surface area contributed by atoms with Gasteiger partial charge in [-0.05, 0) is 137 Å². The Morgan fingerprint density at radius 1 is 0.610 bits per heavy atom. The normalized spacial score (nSPS) is 12.3. The number of nitrogens with zero attached hydrogens (tertiary/aromatic N) is 8. The van der Waals surface area contributed by atoms with Crippen LogP contribution in [-0.2, 0) is 54.5 Å². The highest BCUT2D eigenvalue weighted by Gasteiger charge is 2.28. The number of methoxy groups -OCH3 is 3. The zero-order valence-corrected chi connectivity index (χ0v) is 62.3.